The fourth-order valence-electron chi connectivity index (χ4n) is 2.27. The van der Waals surface area contributed by atoms with E-state index in [1.807, 2.05) is 0 Å². The van der Waals surface area contributed by atoms with Crippen molar-refractivity contribution in [3.8, 4) is 11.5 Å². The van der Waals surface area contributed by atoms with Gasteiger partial charge in [-0.15, -0.1) is 0 Å². The molecule has 1 aromatic heterocycles. The smallest absolute Gasteiger partial charge is 0.416 e. The van der Waals surface area contributed by atoms with Gasteiger partial charge in [0, 0.05) is 19.3 Å². The minimum atomic E-state index is -4.43. The van der Waals surface area contributed by atoms with Gasteiger partial charge in [-0.3, -0.25) is 9.69 Å². The summed E-state index contributed by atoms with van der Waals surface area (Å²) in [6.45, 7) is 3.06. The molecule has 0 unspecified atom stereocenters. The Balaban J connectivity index is 2.16. The fraction of sp³-hybridized carbons (Fsp3) is 0.333. The summed E-state index contributed by atoms with van der Waals surface area (Å²) in [5, 5.41) is 0. The molecule has 26 heavy (non-hydrogen) atoms. The van der Waals surface area contributed by atoms with Crippen LogP contribution in [0.15, 0.2) is 42.6 Å². The number of alkyl halides is 3. The molecule has 0 radical (unpaired) electrons. The van der Waals surface area contributed by atoms with Crippen LogP contribution in [-0.2, 0) is 11.0 Å². The van der Waals surface area contributed by atoms with Crippen LogP contribution in [0.3, 0.4) is 0 Å². The van der Waals surface area contributed by atoms with Crippen molar-refractivity contribution in [1.82, 2.24) is 4.98 Å². The highest BCUT2D eigenvalue weighted by Gasteiger charge is 2.35. The van der Waals surface area contributed by atoms with Crippen LogP contribution < -0.4 is 14.4 Å². The van der Waals surface area contributed by atoms with E-state index in [1.165, 1.54) is 51.2 Å². The van der Waals surface area contributed by atoms with Crippen LogP contribution in [0.4, 0.5) is 19.0 Å². The summed E-state index contributed by atoms with van der Waals surface area (Å²) in [6.07, 6.45) is -2.93. The molecular weight excluding hydrogens is 349 g/mol. The molecule has 2 aromatic rings. The number of ether oxygens (including phenoxy) is 2. The first kappa shape index (κ1) is 19.6. The molecule has 0 aliphatic carbocycles. The van der Waals surface area contributed by atoms with Crippen molar-refractivity contribution < 1.29 is 27.4 Å². The summed E-state index contributed by atoms with van der Waals surface area (Å²) in [7, 11) is 3.03. The number of carbonyl (C=O) groups is 1. The van der Waals surface area contributed by atoms with Crippen molar-refractivity contribution in [3.05, 3.63) is 48.2 Å². The van der Waals surface area contributed by atoms with E-state index in [0.29, 0.717) is 11.6 Å². The molecular formula is C18H19F3N2O3. The molecule has 0 aliphatic heterocycles. The highest BCUT2D eigenvalue weighted by Crippen LogP contribution is 2.31. The van der Waals surface area contributed by atoms with Crippen LogP contribution in [0.1, 0.15) is 19.4 Å². The lowest BCUT2D eigenvalue weighted by Crippen LogP contribution is -2.47. The average Bonchev–Trinajstić information content (AvgIpc) is 2.59. The molecule has 0 bridgehead atoms. The Bertz CT molecular complexity index is 774. The lowest BCUT2D eigenvalue weighted by atomic mass is 10.1. The van der Waals surface area contributed by atoms with Gasteiger partial charge in [0.15, 0.2) is 5.60 Å². The maximum Gasteiger partial charge on any atom is 0.416 e. The predicted octanol–water partition coefficient (Wildman–Crippen LogP) is 3.93. The topological polar surface area (TPSA) is 51.7 Å². The van der Waals surface area contributed by atoms with Gasteiger partial charge < -0.3 is 9.47 Å². The van der Waals surface area contributed by atoms with Crippen LogP contribution >= 0.6 is 0 Å². The number of methoxy groups -OCH3 is 1. The molecule has 1 aromatic carbocycles. The molecule has 0 aliphatic rings. The van der Waals surface area contributed by atoms with E-state index >= 15 is 0 Å². The van der Waals surface area contributed by atoms with Crippen LogP contribution in [0, 0.1) is 0 Å². The Morgan fingerprint density at radius 1 is 1.08 bits per heavy atom. The Labute approximate surface area is 149 Å². The van der Waals surface area contributed by atoms with Gasteiger partial charge in [0.05, 0.1) is 12.7 Å². The third-order valence-corrected chi connectivity index (χ3v) is 3.67. The predicted molar refractivity (Wildman–Crippen MR) is 90.4 cm³/mol. The Hall–Kier alpha value is -2.77. The summed E-state index contributed by atoms with van der Waals surface area (Å²) in [6, 6.07) is 7.41. The molecule has 0 N–H and O–H groups in total. The maximum absolute atomic E-state index is 12.7. The number of benzene rings is 1. The first-order chi connectivity index (χ1) is 12.0. The molecule has 0 spiro atoms. The first-order valence-corrected chi connectivity index (χ1v) is 7.69. The zero-order valence-electron chi connectivity index (χ0n) is 14.8. The second-order valence-corrected chi connectivity index (χ2v) is 6.05. The zero-order chi connectivity index (χ0) is 19.5. The summed E-state index contributed by atoms with van der Waals surface area (Å²) in [5.41, 5.74) is -2.11. The number of likely N-dealkylation sites (N-methyl/N-ethyl adjacent to an activating group) is 1. The fourth-order valence-corrected chi connectivity index (χ4v) is 2.27. The van der Waals surface area contributed by atoms with Gasteiger partial charge in [0.1, 0.15) is 17.3 Å². The van der Waals surface area contributed by atoms with Gasteiger partial charge >= 0.3 is 6.18 Å². The zero-order valence-corrected chi connectivity index (χ0v) is 14.8. The van der Waals surface area contributed by atoms with Gasteiger partial charge in [-0.05, 0) is 44.2 Å². The molecule has 0 saturated carbocycles. The number of rotatable bonds is 5. The lowest BCUT2D eigenvalue weighted by molar-refractivity contribution is -0.137. The second kappa shape index (κ2) is 7.23. The number of hydrogen-bond donors (Lipinski definition) is 0. The number of aromatic nitrogens is 1. The van der Waals surface area contributed by atoms with Crippen LogP contribution in [0.5, 0.6) is 11.5 Å². The Kier molecular flexibility index (Phi) is 5.44. The lowest BCUT2D eigenvalue weighted by Gasteiger charge is -2.29. The van der Waals surface area contributed by atoms with Crippen LogP contribution in [0.2, 0.25) is 0 Å². The number of amides is 1. The maximum atomic E-state index is 12.7. The van der Waals surface area contributed by atoms with E-state index in [1.54, 1.807) is 12.1 Å². The molecule has 140 valence electrons. The molecule has 0 saturated heterocycles. The molecule has 1 amide bonds. The first-order valence-electron chi connectivity index (χ1n) is 7.69. The van der Waals surface area contributed by atoms with Crippen LogP contribution in [0.25, 0.3) is 0 Å². The molecule has 1 heterocycles. The monoisotopic (exact) mass is 368 g/mol. The third-order valence-electron chi connectivity index (χ3n) is 3.67. The Morgan fingerprint density at radius 2 is 1.69 bits per heavy atom. The SMILES string of the molecule is COc1ccnc(N(C)C(=O)C(C)(C)Oc2ccc(C(F)(F)F)cc2)c1. The summed E-state index contributed by atoms with van der Waals surface area (Å²) in [5.74, 6) is 0.635. The third kappa shape index (κ3) is 4.44. The number of hydrogen-bond acceptors (Lipinski definition) is 4. The minimum Gasteiger partial charge on any atom is -0.497 e. The van der Waals surface area contributed by atoms with Gasteiger partial charge in [-0.1, -0.05) is 0 Å². The molecule has 2 rings (SSSR count). The standard InChI is InChI=1S/C18H19F3N2O3/c1-17(2,26-13-7-5-12(6-8-13)18(19,20)21)16(24)23(3)15-11-14(25-4)9-10-22-15/h5-11H,1-4H3. The Morgan fingerprint density at radius 3 is 2.23 bits per heavy atom. The van der Waals surface area contributed by atoms with E-state index < -0.39 is 23.2 Å². The second-order valence-electron chi connectivity index (χ2n) is 6.05. The number of pyridine rings is 1. The van der Waals surface area contributed by atoms with Gasteiger partial charge in [-0.2, -0.15) is 13.2 Å². The molecule has 8 heteroatoms. The minimum absolute atomic E-state index is 0.156. The molecule has 5 nitrogen and oxygen atoms in total. The number of nitrogens with zero attached hydrogens (tertiary/aromatic N) is 2. The van der Waals surface area contributed by atoms with E-state index in [2.05, 4.69) is 4.98 Å². The number of anilines is 1. The number of carbonyl (C=O) groups excluding carboxylic acids is 1. The summed E-state index contributed by atoms with van der Waals surface area (Å²) in [4.78, 5) is 18.1. The van der Waals surface area contributed by atoms with E-state index in [9.17, 15) is 18.0 Å². The van der Waals surface area contributed by atoms with Crippen molar-refractivity contribution in [2.75, 3.05) is 19.1 Å². The van der Waals surface area contributed by atoms with Crippen LogP contribution in [-0.4, -0.2) is 30.6 Å². The van der Waals surface area contributed by atoms with Gasteiger partial charge in [0.25, 0.3) is 5.91 Å². The highest BCUT2D eigenvalue weighted by atomic mass is 19.4. The van der Waals surface area contributed by atoms with E-state index in [0.717, 1.165) is 12.1 Å². The summed E-state index contributed by atoms with van der Waals surface area (Å²) >= 11 is 0. The van der Waals surface area contributed by atoms with Crippen molar-refractivity contribution in [1.29, 1.82) is 0 Å². The molecule has 0 fully saturated rings. The van der Waals surface area contributed by atoms with Gasteiger partial charge in [0.2, 0.25) is 0 Å². The quantitative estimate of drug-likeness (QED) is 0.802. The largest absolute Gasteiger partial charge is 0.497 e. The van der Waals surface area contributed by atoms with E-state index in [4.69, 9.17) is 9.47 Å². The highest BCUT2D eigenvalue weighted by molar-refractivity contribution is 5.98. The van der Waals surface area contributed by atoms with Crippen molar-refractivity contribution in [3.63, 3.8) is 0 Å². The molecule has 0 atom stereocenters. The normalized spacial score (nSPS) is 11.8. The van der Waals surface area contributed by atoms with Crippen molar-refractivity contribution in [2.45, 2.75) is 25.6 Å². The van der Waals surface area contributed by atoms with Gasteiger partial charge in [-0.25, -0.2) is 4.98 Å². The summed E-state index contributed by atoms with van der Waals surface area (Å²) < 4.78 is 48.6. The number of halogens is 3. The van der Waals surface area contributed by atoms with E-state index in [-0.39, 0.29) is 5.75 Å². The average molecular weight is 368 g/mol. The van der Waals surface area contributed by atoms with Crippen molar-refractivity contribution >= 4 is 11.7 Å². The van der Waals surface area contributed by atoms with Crippen molar-refractivity contribution in [2.24, 2.45) is 0 Å².